The Hall–Kier alpha value is -2.06. The number of carbonyl (C=O) groups excluding carboxylic acids is 1. The summed E-state index contributed by atoms with van der Waals surface area (Å²) in [6.07, 6.45) is 0. The third-order valence-electron chi connectivity index (χ3n) is 3.81. The highest BCUT2D eigenvalue weighted by Gasteiger charge is 2.35. The van der Waals surface area contributed by atoms with Gasteiger partial charge in [-0.1, -0.05) is 12.1 Å². The van der Waals surface area contributed by atoms with Crippen LogP contribution < -0.4 is 5.32 Å². The Kier molecular flexibility index (Phi) is 3.10. The Morgan fingerprint density at radius 2 is 2.11 bits per heavy atom. The molecule has 98 valence electrons. The van der Waals surface area contributed by atoms with Crippen LogP contribution in [0.15, 0.2) is 24.3 Å². The molecule has 1 aromatic rings. The van der Waals surface area contributed by atoms with Gasteiger partial charge in [-0.2, -0.15) is 5.26 Å². The summed E-state index contributed by atoms with van der Waals surface area (Å²) >= 11 is 0. The van der Waals surface area contributed by atoms with Crippen molar-refractivity contribution in [1.29, 1.82) is 5.26 Å². The second kappa shape index (κ2) is 4.90. The van der Waals surface area contributed by atoms with E-state index >= 15 is 0 Å². The SMILES string of the molecule is N#Cc1ccc(CN2CCN3C(=O)NC[C@H]3C2)cc1. The first kappa shape index (κ1) is 12.0. The van der Waals surface area contributed by atoms with E-state index in [9.17, 15) is 4.79 Å². The maximum atomic E-state index is 11.5. The molecular formula is C14H16N4O. The van der Waals surface area contributed by atoms with Gasteiger partial charge in [-0.15, -0.1) is 0 Å². The highest BCUT2D eigenvalue weighted by Crippen LogP contribution is 2.16. The quantitative estimate of drug-likeness (QED) is 0.850. The number of carbonyl (C=O) groups is 1. The van der Waals surface area contributed by atoms with Gasteiger partial charge in [0.15, 0.2) is 0 Å². The molecule has 2 aliphatic rings. The standard InChI is InChI=1S/C14H16N4O/c15-7-11-1-3-12(4-2-11)9-17-5-6-18-13(10-17)8-16-14(18)19/h1-4,13H,5-6,8-10H2,(H,16,19)/t13-/m0/s1. The summed E-state index contributed by atoms with van der Waals surface area (Å²) < 4.78 is 0. The normalized spacial score (nSPS) is 22.8. The van der Waals surface area contributed by atoms with Gasteiger partial charge in [0.2, 0.25) is 0 Å². The number of hydrogen-bond acceptors (Lipinski definition) is 3. The van der Waals surface area contributed by atoms with Crippen molar-refractivity contribution >= 4 is 6.03 Å². The fraction of sp³-hybridized carbons (Fsp3) is 0.429. The molecular weight excluding hydrogens is 240 g/mol. The second-order valence-corrected chi connectivity index (χ2v) is 5.08. The van der Waals surface area contributed by atoms with Gasteiger partial charge in [0, 0.05) is 32.7 Å². The summed E-state index contributed by atoms with van der Waals surface area (Å²) in [6.45, 7) is 4.25. The summed E-state index contributed by atoms with van der Waals surface area (Å²) in [5, 5.41) is 11.7. The van der Waals surface area contributed by atoms with Crippen LogP contribution in [0.2, 0.25) is 0 Å². The Labute approximate surface area is 112 Å². The van der Waals surface area contributed by atoms with Crippen LogP contribution in [0.1, 0.15) is 11.1 Å². The van der Waals surface area contributed by atoms with Crippen molar-refractivity contribution in [2.75, 3.05) is 26.2 Å². The van der Waals surface area contributed by atoms with Crippen molar-refractivity contribution in [2.45, 2.75) is 12.6 Å². The van der Waals surface area contributed by atoms with Gasteiger partial charge in [0.05, 0.1) is 17.7 Å². The van der Waals surface area contributed by atoms with Gasteiger partial charge < -0.3 is 10.2 Å². The molecule has 0 aliphatic carbocycles. The summed E-state index contributed by atoms with van der Waals surface area (Å²) in [4.78, 5) is 15.8. The number of rotatable bonds is 2. The number of hydrogen-bond donors (Lipinski definition) is 1. The van der Waals surface area contributed by atoms with Crippen LogP contribution >= 0.6 is 0 Å². The van der Waals surface area contributed by atoms with Crippen molar-refractivity contribution in [3.8, 4) is 6.07 Å². The molecule has 2 fully saturated rings. The molecule has 2 heterocycles. The molecule has 0 saturated carbocycles. The van der Waals surface area contributed by atoms with E-state index < -0.39 is 0 Å². The lowest BCUT2D eigenvalue weighted by Crippen LogP contribution is -2.51. The maximum absolute atomic E-state index is 11.5. The molecule has 0 bridgehead atoms. The van der Waals surface area contributed by atoms with Crippen LogP contribution in [-0.4, -0.2) is 48.1 Å². The van der Waals surface area contributed by atoms with Crippen molar-refractivity contribution < 1.29 is 4.79 Å². The number of nitrogens with zero attached hydrogens (tertiary/aromatic N) is 3. The second-order valence-electron chi connectivity index (χ2n) is 5.08. The molecule has 0 unspecified atom stereocenters. The minimum Gasteiger partial charge on any atom is -0.336 e. The Balaban J connectivity index is 1.62. The van der Waals surface area contributed by atoms with Crippen LogP contribution in [0.4, 0.5) is 4.79 Å². The number of amides is 2. The molecule has 2 amide bonds. The van der Waals surface area contributed by atoms with E-state index in [0.717, 1.165) is 32.7 Å². The highest BCUT2D eigenvalue weighted by atomic mass is 16.2. The number of urea groups is 1. The van der Waals surface area contributed by atoms with E-state index in [1.165, 1.54) is 5.56 Å². The maximum Gasteiger partial charge on any atom is 0.317 e. The van der Waals surface area contributed by atoms with Gasteiger partial charge in [0.1, 0.15) is 0 Å². The molecule has 1 N–H and O–H groups in total. The van der Waals surface area contributed by atoms with Crippen LogP contribution in [0, 0.1) is 11.3 Å². The van der Waals surface area contributed by atoms with Crippen LogP contribution in [-0.2, 0) is 6.54 Å². The van der Waals surface area contributed by atoms with Gasteiger partial charge in [-0.05, 0) is 17.7 Å². The zero-order valence-electron chi connectivity index (χ0n) is 10.7. The third-order valence-corrected chi connectivity index (χ3v) is 3.81. The Bertz CT molecular complexity index is 519. The van der Waals surface area contributed by atoms with Crippen molar-refractivity contribution in [3.05, 3.63) is 35.4 Å². The van der Waals surface area contributed by atoms with E-state index in [2.05, 4.69) is 16.3 Å². The van der Waals surface area contributed by atoms with Gasteiger partial charge in [-0.25, -0.2) is 4.79 Å². The molecule has 0 radical (unpaired) electrons. The molecule has 2 saturated heterocycles. The van der Waals surface area contributed by atoms with Crippen LogP contribution in [0.25, 0.3) is 0 Å². The first-order valence-corrected chi connectivity index (χ1v) is 6.52. The average molecular weight is 256 g/mol. The topological polar surface area (TPSA) is 59.4 Å². The lowest BCUT2D eigenvalue weighted by molar-refractivity contribution is 0.116. The molecule has 0 spiro atoms. The van der Waals surface area contributed by atoms with E-state index in [1.54, 1.807) is 0 Å². The molecule has 1 atom stereocenters. The van der Waals surface area contributed by atoms with Crippen molar-refractivity contribution in [3.63, 3.8) is 0 Å². The van der Waals surface area contributed by atoms with E-state index in [4.69, 9.17) is 5.26 Å². The first-order valence-electron chi connectivity index (χ1n) is 6.52. The Morgan fingerprint density at radius 1 is 1.32 bits per heavy atom. The predicted octanol–water partition coefficient (Wildman–Crippen LogP) is 0.768. The average Bonchev–Trinajstić information content (AvgIpc) is 2.81. The molecule has 1 aromatic carbocycles. The number of nitriles is 1. The van der Waals surface area contributed by atoms with Gasteiger partial charge >= 0.3 is 6.03 Å². The molecule has 2 aliphatic heterocycles. The van der Waals surface area contributed by atoms with Crippen molar-refractivity contribution in [1.82, 2.24) is 15.1 Å². The fourth-order valence-corrected chi connectivity index (χ4v) is 2.75. The Morgan fingerprint density at radius 3 is 2.84 bits per heavy atom. The highest BCUT2D eigenvalue weighted by molar-refractivity contribution is 5.77. The minimum atomic E-state index is 0.0722. The molecule has 5 heteroatoms. The third kappa shape index (κ3) is 2.40. The largest absolute Gasteiger partial charge is 0.336 e. The summed E-state index contributed by atoms with van der Waals surface area (Å²) in [7, 11) is 0. The summed E-state index contributed by atoms with van der Waals surface area (Å²) in [6, 6.07) is 10.2. The lowest BCUT2D eigenvalue weighted by atomic mass is 10.1. The van der Waals surface area contributed by atoms with Gasteiger partial charge in [0.25, 0.3) is 0 Å². The minimum absolute atomic E-state index is 0.0722. The summed E-state index contributed by atoms with van der Waals surface area (Å²) in [5.41, 5.74) is 1.91. The van der Waals surface area contributed by atoms with Crippen LogP contribution in [0.3, 0.4) is 0 Å². The smallest absolute Gasteiger partial charge is 0.317 e. The zero-order valence-corrected chi connectivity index (χ0v) is 10.7. The first-order chi connectivity index (χ1) is 9.26. The van der Waals surface area contributed by atoms with E-state index in [1.807, 2.05) is 29.2 Å². The predicted molar refractivity (Wildman–Crippen MR) is 70.3 cm³/mol. The summed E-state index contributed by atoms with van der Waals surface area (Å²) in [5.74, 6) is 0. The molecule has 5 nitrogen and oxygen atoms in total. The van der Waals surface area contributed by atoms with Gasteiger partial charge in [-0.3, -0.25) is 4.90 Å². The van der Waals surface area contributed by atoms with Crippen LogP contribution in [0.5, 0.6) is 0 Å². The monoisotopic (exact) mass is 256 g/mol. The number of fused-ring (bicyclic) bond motifs is 1. The number of nitrogens with one attached hydrogen (secondary N) is 1. The molecule has 0 aromatic heterocycles. The fourth-order valence-electron chi connectivity index (χ4n) is 2.75. The lowest BCUT2D eigenvalue weighted by Gasteiger charge is -2.36. The molecule has 19 heavy (non-hydrogen) atoms. The van der Waals surface area contributed by atoms with E-state index in [0.29, 0.717) is 11.6 Å². The zero-order chi connectivity index (χ0) is 13.2. The van der Waals surface area contributed by atoms with Crippen molar-refractivity contribution in [2.24, 2.45) is 0 Å². The number of benzene rings is 1. The number of piperazine rings is 1. The molecule has 3 rings (SSSR count). The van der Waals surface area contributed by atoms with E-state index in [-0.39, 0.29) is 6.03 Å².